The topological polar surface area (TPSA) is 0 Å². The molecule has 4 rings (SSSR count). The lowest BCUT2D eigenvalue weighted by atomic mass is 9.90. The molecule has 0 amide bonds. The predicted molar refractivity (Wildman–Crippen MR) is 75.7 cm³/mol. The number of hydrogen-bond donors (Lipinski definition) is 0. The molecule has 0 saturated carbocycles. The van der Waals surface area contributed by atoms with Crippen LogP contribution in [0.2, 0.25) is 0 Å². The average molecular weight is 230 g/mol. The lowest BCUT2D eigenvalue weighted by molar-refractivity contribution is 1.02. The van der Waals surface area contributed by atoms with Crippen molar-refractivity contribution in [3.8, 4) is 11.1 Å². The van der Waals surface area contributed by atoms with E-state index in [9.17, 15) is 0 Å². The van der Waals surface area contributed by atoms with Gasteiger partial charge in [0, 0.05) is 5.92 Å². The average Bonchev–Trinajstić information content (AvgIpc) is 2.70. The van der Waals surface area contributed by atoms with E-state index in [-0.39, 0.29) is 0 Å². The molecule has 2 aliphatic rings. The van der Waals surface area contributed by atoms with Crippen molar-refractivity contribution in [2.75, 3.05) is 0 Å². The van der Waals surface area contributed by atoms with Crippen molar-refractivity contribution in [2.24, 2.45) is 0 Å². The van der Waals surface area contributed by atoms with Crippen molar-refractivity contribution >= 4 is 0 Å². The Kier molecular flexibility index (Phi) is 2.04. The van der Waals surface area contributed by atoms with Gasteiger partial charge in [-0.3, -0.25) is 0 Å². The van der Waals surface area contributed by atoms with Crippen molar-refractivity contribution in [2.45, 2.75) is 12.3 Å². The Morgan fingerprint density at radius 1 is 0.833 bits per heavy atom. The quantitative estimate of drug-likeness (QED) is 0.626. The van der Waals surface area contributed by atoms with Gasteiger partial charge in [0.1, 0.15) is 0 Å². The second-order valence-corrected chi connectivity index (χ2v) is 4.96. The van der Waals surface area contributed by atoms with Gasteiger partial charge in [0.25, 0.3) is 0 Å². The summed E-state index contributed by atoms with van der Waals surface area (Å²) in [5.74, 6) is 0.442. The van der Waals surface area contributed by atoms with Crippen molar-refractivity contribution < 1.29 is 0 Å². The smallest absolute Gasteiger partial charge is 0.0287 e. The molecule has 1 atom stereocenters. The fourth-order valence-electron chi connectivity index (χ4n) is 3.21. The van der Waals surface area contributed by atoms with Crippen LogP contribution < -0.4 is 0 Å². The van der Waals surface area contributed by atoms with E-state index >= 15 is 0 Å². The normalized spacial score (nSPS) is 19.0. The molecule has 0 heterocycles. The Morgan fingerprint density at radius 3 is 2.72 bits per heavy atom. The van der Waals surface area contributed by atoms with Crippen LogP contribution >= 0.6 is 0 Å². The molecule has 2 aromatic rings. The zero-order valence-corrected chi connectivity index (χ0v) is 10.1. The molecule has 86 valence electrons. The van der Waals surface area contributed by atoms with Gasteiger partial charge in [-0.25, -0.2) is 0 Å². The van der Waals surface area contributed by atoms with E-state index in [0.717, 1.165) is 6.42 Å². The van der Waals surface area contributed by atoms with Gasteiger partial charge in [-0.1, -0.05) is 66.8 Å². The standard InChI is InChI=1S/C18H14/c1-2-7-13-8-6-12-17-15-10-5-4-9-14(15)16(11-3-1)18(13)17/h1-6,8-12,16H,7H2. The number of rotatable bonds is 0. The van der Waals surface area contributed by atoms with Crippen LogP contribution in [0.1, 0.15) is 22.6 Å². The Hall–Kier alpha value is -2.08. The third-order valence-electron chi connectivity index (χ3n) is 3.98. The largest absolute Gasteiger partial charge is 0.0801 e. The molecule has 0 aliphatic heterocycles. The molecule has 0 radical (unpaired) electrons. The van der Waals surface area contributed by atoms with Gasteiger partial charge in [-0.15, -0.1) is 0 Å². The van der Waals surface area contributed by atoms with E-state index in [1.165, 1.54) is 27.8 Å². The van der Waals surface area contributed by atoms with Gasteiger partial charge in [-0.05, 0) is 34.2 Å². The molecular weight excluding hydrogens is 216 g/mol. The highest BCUT2D eigenvalue weighted by Gasteiger charge is 2.28. The third kappa shape index (κ3) is 1.26. The molecular formula is C18H14. The molecule has 0 bridgehead atoms. The van der Waals surface area contributed by atoms with E-state index in [2.05, 4.69) is 66.8 Å². The zero-order chi connectivity index (χ0) is 11.9. The minimum atomic E-state index is 0.442. The number of hydrogen-bond acceptors (Lipinski definition) is 0. The second-order valence-electron chi connectivity index (χ2n) is 4.96. The highest BCUT2D eigenvalue weighted by atomic mass is 14.3. The van der Waals surface area contributed by atoms with E-state index in [1.807, 2.05) is 0 Å². The second kappa shape index (κ2) is 3.71. The van der Waals surface area contributed by atoms with Gasteiger partial charge >= 0.3 is 0 Å². The molecule has 0 heteroatoms. The summed E-state index contributed by atoms with van der Waals surface area (Å²) in [5, 5.41) is 0. The van der Waals surface area contributed by atoms with E-state index < -0.39 is 0 Å². The molecule has 0 fully saturated rings. The predicted octanol–water partition coefficient (Wildman–Crippen LogP) is 4.47. The first-order valence-corrected chi connectivity index (χ1v) is 6.49. The maximum absolute atomic E-state index is 2.32. The van der Waals surface area contributed by atoms with Crippen LogP contribution in [0, 0.1) is 0 Å². The molecule has 0 spiro atoms. The van der Waals surface area contributed by atoms with Crippen LogP contribution in [-0.2, 0) is 6.42 Å². The SMILES string of the molecule is C1=CCc2cccc3c2C(C=C1)c1ccccc1-3. The van der Waals surface area contributed by atoms with Crippen LogP contribution in [0.15, 0.2) is 66.8 Å². The summed E-state index contributed by atoms with van der Waals surface area (Å²) in [6.45, 7) is 0. The maximum Gasteiger partial charge on any atom is 0.0287 e. The van der Waals surface area contributed by atoms with Crippen LogP contribution in [-0.4, -0.2) is 0 Å². The minimum absolute atomic E-state index is 0.442. The number of benzene rings is 2. The molecule has 0 N–H and O–H groups in total. The molecule has 0 saturated heterocycles. The molecule has 1 unspecified atom stereocenters. The highest BCUT2D eigenvalue weighted by Crippen LogP contribution is 2.47. The monoisotopic (exact) mass is 230 g/mol. The Balaban J connectivity index is 2.09. The van der Waals surface area contributed by atoms with Gasteiger partial charge in [0.15, 0.2) is 0 Å². The Morgan fingerprint density at radius 2 is 1.72 bits per heavy atom. The first-order chi connectivity index (χ1) is 8.95. The lowest BCUT2D eigenvalue weighted by Crippen LogP contribution is -1.98. The summed E-state index contributed by atoms with van der Waals surface area (Å²) in [6.07, 6.45) is 9.95. The molecule has 2 aromatic carbocycles. The zero-order valence-electron chi connectivity index (χ0n) is 10.1. The van der Waals surface area contributed by atoms with Crippen LogP contribution in [0.4, 0.5) is 0 Å². The summed E-state index contributed by atoms with van der Waals surface area (Å²) < 4.78 is 0. The lowest BCUT2D eigenvalue weighted by Gasteiger charge is -2.14. The maximum atomic E-state index is 2.32. The summed E-state index contributed by atoms with van der Waals surface area (Å²) in [4.78, 5) is 0. The fourth-order valence-corrected chi connectivity index (χ4v) is 3.21. The van der Waals surface area contributed by atoms with Crippen LogP contribution in [0.5, 0.6) is 0 Å². The minimum Gasteiger partial charge on any atom is -0.0801 e. The van der Waals surface area contributed by atoms with E-state index in [4.69, 9.17) is 0 Å². The van der Waals surface area contributed by atoms with E-state index in [0.29, 0.717) is 5.92 Å². The Bertz CT molecular complexity index is 674. The first kappa shape index (κ1) is 9.90. The summed E-state index contributed by atoms with van der Waals surface area (Å²) in [6, 6.07) is 15.5. The van der Waals surface area contributed by atoms with Gasteiger partial charge < -0.3 is 0 Å². The molecule has 18 heavy (non-hydrogen) atoms. The highest BCUT2D eigenvalue weighted by molar-refractivity contribution is 5.81. The van der Waals surface area contributed by atoms with Gasteiger partial charge in [0.05, 0.1) is 0 Å². The molecule has 0 aromatic heterocycles. The van der Waals surface area contributed by atoms with Crippen molar-refractivity contribution in [1.82, 2.24) is 0 Å². The van der Waals surface area contributed by atoms with Crippen molar-refractivity contribution in [1.29, 1.82) is 0 Å². The first-order valence-electron chi connectivity index (χ1n) is 6.49. The fraction of sp³-hybridized carbons (Fsp3) is 0.111. The van der Waals surface area contributed by atoms with Crippen LogP contribution in [0.3, 0.4) is 0 Å². The third-order valence-corrected chi connectivity index (χ3v) is 3.98. The van der Waals surface area contributed by atoms with Crippen molar-refractivity contribution in [3.05, 3.63) is 83.5 Å². The summed E-state index contributed by atoms with van der Waals surface area (Å²) in [7, 11) is 0. The molecule has 2 aliphatic carbocycles. The van der Waals surface area contributed by atoms with Crippen LogP contribution in [0.25, 0.3) is 11.1 Å². The summed E-state index contributed by atoms with van der Waals surface area (Å²) >= 11 is 0. The van der Waals surface area contributed by atoms with Gasteiger partial charge in [-0.2, -0.15) is 0 Å². The van der Waals surface area contributed by atoms with Gasteiger partial charge in [0.2, 0.25) is 0 Å². The Labute approximate surface area is 107 Å². The van der Waals surface area contributed by atoms with E-state index in [1.54, 1.807) is 0 Å². The number of allylic oxidation sites excluding steroid dienone is 4. The number of fused-ring (bicyclic) bond motifs is 3. The summed E-state index contributed by atoms with van der Waals surface area (Å²) in [5.41, 5.74) is 7.26. The molecule has 0 nitrogen and oxygen atoms in total. The van der Waals surface area contributed by atoms with Crippen molar-refractivity contribution in [3.63, 3.8) is 0 Å².